The first-order valence-electron chi connectivity index (χ1n) is 4.65. The number of carbonyl (C=O) groups excluding carboxylic acids is 2. The average Bonchev–Trinajstić information content (AvgIpc) is 2.65. The van der Waals surface area contributed by atoms with Crippen LogP contribution < -0.4 is 5.32 Å². The molecule has 1 aliphatic heterocycles. The zero-order chi connectivity index (χ0) is 12.1. The molecule has 0 unspecified atom stereocenters. The molecule has 0 atom stereocenters. The van der Waals surface area contributed by atoms with Crippen LogP contribution in [0.4, 0.5) is 4.79 Å². The molecule has 2 amide bonds. The first-order valence-corrected chi connectivity index (χ1v) is 4.65. The van der Waals surface area contributed by atoms with Crippen LogP contribution in [0.2, 0.25) is 0 Å². The molecule has 0 aromatic rings. The van der Waals surface area contributed by atoms with Crippen LogP contribution in [0.1, 0.15) is 6.92 Å². The summed E-state index contributed by atoms with van der Waals surface area (Å²) in [5.41, 5.74) is -0.584. The predicted octanol–water partition coefficient (Wildman–Crippen LogP) is -0.618. The highest BCUT2D eigenvalue weighted by atomic mass is 16.5. The molecule has 0 aliphatic carbocycles. The Morgan fingerprint density at radius 3 is 2.88 bits per heavy atom. The number of urea groups is 1. The molecule has 3 N–H and O–H groups in total. The van der Waals surface area contributed by atoms with Crippen molar-refractivity contribution >= 4 is 23.5 Å². The number of amidine groups is 1. The number of hydrogen-bond acceptors (Lipinski definition) is 6. The van der Waals surface area contributed by atoms with E-state index in [0.29, 0.717) is 6.54 Å². The second kappa shape index (κ2) is 5.10. The fourth-order valence-electron chi connectivity index (χ4n) is 1.20. The van der Waals surface area contributed by atoms with E-state index in [-0.39, 0.29) is 13.2 Å². The van der Waals surface area contributed by atoms with Gasteiger partial charge in [0.05, 0.1) is 6.61 Å². The molecule has 1 fully saturated rings. The van der Waals surface area contributed by atoms with Gasteiger partial charge in [0.25, 0.3) is 0 Å². The topological polar surface area (TPSA) is 115 Å². The third-order valence-electron chi connectivity index (χ3n) is 1.92. The van der Waals surface area contributed by atoms with Crippen LogP contribution >= 0.6 is 0 Å². The Kier molecular flexibility index (Phi) is 3.81. The molecule has 0 aromatic heterocycles. The Hall–Kier alpha value is -2.12. The molecule has 1 heterocycles. The summed E-state index contributed by atoms with van der Waals surface area (Å²) in [4.78, 5) is 23.5. The SMILES string of the molecule is CCOC(=O)C(=NO)C(=N)N1CCNC1=O. The Morgan fingerprint density at radius 1 is 1.75 bits per heavy atom. The molecule has 8 heteroatoms. The van der Waals surface area contributed by atoms with Crippen LogP contribution in [-0.2, 0) is 9.53 Å². The minimum atomic E-state index is -0.935. The van der Waals surface area contributed by atoms with E-state index in [4.69, 9.17) is 10.6 Å². The van der Waals surface area contributed by atoms with Crippen LogP contribution in [0.3, 0.4) is 0 Å². The number of oxime groups is 1. The van der Waals surface area contributed by atoms with Gasteiger partial charge in [-0.25, -0.2) is 9.59 Å². The first kappa shape index (κ1) is 12.0. The number of nitrogens with one attached hydrogen (secondary N) is 2. The van der Waals surface area contributed by atoms with Crippen LogP contribution in [-0.4, -0.2) is 53.4 Å². The summed E-state index contributed by atoms with van der Waals surface area (Å²) in [5, 5.41) is 21.3. The molecule has 16 heavy (non-hydrogen) atoms. The van der Waals surface area contributed by atoms with Gasteiger partial charge in [0.1, 0.15) is 0 Å². The van der Waals surface area contributed by atoms with Gasteiger partial charge >= 0.3 is 12.0 Å². The highest BCUT2D eigenvalue weighted by molar-refractivity contribution is 6.65. The molecule has 0 spiro atoms. The number of nitrogens with zero attached hydrogens (tertiary/aromatic N) is 2. The van der Waals surface area contributed by atoms with Crippen molar-refractivity contribution < 1.29 is 19.5 Å². The standard InChI is InChI=1S/C8H12N4O4/c1-2-16-7(13)5(11-15)6(9)12-4-3-10-8(12)14/h9,15H,2-4H2,1H3,(H,10,14). The van der Waals surface area contributed by atoms with Crippen LogP contribution in [0.25, 0.3) is 0 Å². The lowest BCUT2D eigenvalue weighted by Gasteiger charge is -2.14. The summed E-state index contributed by atoms with van der Waals surface area (Å²) >= 11 is 0. The van der Waals surface area contributed by atoms with Gasteiger partial charge in [-0.2, -0.15) is 0 Å². The number of rotatable bonds is 3. The fraction of sp³-hybridized carbons (Fsp3) is 0.500. The highest BCUT2D eigenvalue weighted by Gasteiger charge is 2.31. The quantitative estimate of drug-likeness (QED) is 0.196. The molecular weight excluding hydrogens is 216 g/mol. The van der Waals surface area contributed by atoms with Gasteiger partial charge in [0.15, 0.2) is 5.84 Å². The number of esters is 1. The van der Waals surface area contributed by atoms with Crippen molar-refractivity contribution in [3.05, 3.63) is 0 Å². The normalized spacial score (nSPS) is 15.9. The molecule has 88 valence electrons. The summed E-state index contributed by atoms with van der Waals surface area (Å²) in [7, 11) is 0. The molecule has 1 rings (SSSR count). The van der Waals surface area contributed by atoms with Gasteiger partial charge in [-0.05, 0) is 6.92 Å². The molecular formula is C8H12N4O4. The smallest absolute Gasteiger partial charge is 0.364 e. The maximum Gasteiger partial charge on any atom is 0.364 e. The number of ether oxygens (including phenoxy) is 1. The van der Waals surface area contributed by atoms with Gasteiger partial charge in [0.2, 0.25) is 5.71 Å². The van der Waals surface area contributed by atoms with E-state index in [1.54, 1.807) is 6.92 Å². The van der Waals surface area contributed by atoms with Crippen LogP contribution in [0.15, 0.2) is 5.16 Å². The van der Waals surface area contributed by atoms with Gasteiger partial charge < -0.3 is 15.3 Å². The minimum absolute atomic E-state index is 0.0946. The molecule has 1 aliphatic rings. The summed E-state index contributed by atoms with van der Waals surface area (Å²) < 4.78 is 4.58. The molecule has 0 radical (unpaired) electrons. The van der Waals surface area contributed by atoms with Crippen molar-refractivity contribution in [2.45, 2.75) is 6.92 Å². The maximum atomic E-state index is 11.3. The van der Waals surface area contributed by atoms with E-state index in [1.165, 1.54) is 0 Å². The Morgan fingerprint density at radius 2 is 2.44 bits per heavy atom. The molecule has 8 nitrogen and oxygen atoms in total. The maximum absolute atomic E-state index is 11.3. The lowest BCUT2D eigenvalue weighted by molar-refractivity contribution is -0.134. The van der Waals surface area contributed by atoms with Gasteiger partial charge in [-0.1, -0.05) is 5.16 Å². The van der Waals surface area contributed by atoms with E-state index in [0.717, 1.165) is 4.90 Å². The third-order valence-corrected chi connectivity index (χ3v) is 1.92. The number of amides is 2. The molecule has 0 saturated carbocycles. The average molecular weight is 228 g/mol. The van der Waals surface area contributed by atoms with Crippen molar-refractivity contribution in [3.63, 3.8) is 0 Å². The zero-order valence-corrected chi connectivity index (χ0v) is 8.69. The van der Waals surface area contributed by atoms with Crippen molar-refractivity contribution in [2.75, 3.05) is 19.7 Å². The van der Waals surface area contributed by atoms with Crippen molar-refractivity contribution in [2.24, 2.45) is 5.16 Å². The summed E-state index contributed by atoms with van der Waals surface area (Å²) in [6.45, 7) is 2.30. The second-order valence-corrected chi connectivity index (χ2v) is 2.90. The van der Waals surface area contributed by atoms with E-state index in [2.05, 4.69) is 15.2 Å². The van der Waals surface area contributed by atoms with E-state index < -0.39 is 23.5 Å². The van der Waals surface area contributed by atoms with Crippen molar-refractivity contribution in [1.29, 1.82) is 5.41 Å². The number of hydrogen-bond donors (Lipinski definition) is 3. The van der Waals surface area contributed by atoms with E-state index in [9.17, 15) is 9.59 Å². The summed E-state index contributed by atoms with van der Waals surface area (Å²) in [6, 6.07) is -0.504. The van der Waals surface area contributed by atoms with E-state index >= 15 is 0 Å². The molecule has 1 saturated heterocycles. The lowest BCUT2D eigenvalue weighted by Crippen LogP contribution is -2.42. The Labute approximate surface area is 91.4 Å². The van der Waals surface area contributed by atoms with E-state index in [1.807, 2.05) is 0 Å². The number of carbonyl (C=O) groups is 2. The zero-order valence-electron chi connectivity index (χ0n) is 8.69. The van der Waals surface area contributed by atoms with Gasteiger partial charge in [-0.15, -0.1) is 0 Å². The van der Waals surface area contributed by atoms with Crippen molar-refractivity contribution in [1.82, 2.24) is 10.2 Å². The third kappa shape index (κ3) is 2.27. The summed E-state index contributed by atoms with van der Waals surface area (Å²) in [6.07, 6.45) is 0. The Balaban J connectivity index is 2.78. The fourth-order valence-corrected chi connectivity index (χ4v) is 1.20. The van der Waals surface area contributed by atoms with Crippen LogP contribution in [0.5, 0.6) is 0 Å². The monoisotopic (exact) mass is 228 g/mol. The van der Waals surface area contributed by atoms with Gasteiger partial charge in [0, 0.05) is 13.1 Å². The largest absolute Gasteiger partial charge is 0.461 e. The summed E-state index contributed by atoms with van der Waals surface area (Å²) in [5.74, 6) is -1.41. The van der Waals surface area contributed by atoms with Crippen LogP contribution in [0, 0.1) is 5.41 Å². The predicted molar refractivity (Wildman–Crippen MR) is 53.7 cm³/mol. The minimum Gasteiger partial charge on any atom is -0.461 e. The Bertz CT molecular complexity index is 352. The van der Waals surface area contributed by atoms with Gasteiger partial charge in [-0.3, -0.25) is 10.3 Å². The second-order valence-electron chi connectivity index (χ2n) is 2.90. The van der Waals surface area contributed by atoms with Crippen molar-refractivity contribution in [3.8, 4) is 0 Å². The lowest BCUT2D eigenvalue weighted by atomic mass is 10.3. The highest BCUT2D eigenvalue weighted by Crippen LogP contribution is 2.01. The molecule has 0 aromatic carbocycles. The first-order chi connectivity index (χ1) is 7.61. The molecule has 0 bridgehead atoms.